The molecule has 4 rings (SSSR count). The zero-order chi connectivity index (χ0) is 23.8. The molecule has 1 unspecified atom stereocenters. The van der Waals surface area contributed by atoms with Gasteiger partial charge in [0.1, 0.15) is 5.56 Å². The number of sulfonamides is 1. The van der Waals surface area contributed by atoms with Crippen LogP contribution in [0.2, 0.25) is 0 Å². The first-order valence-corrected chi connectivity index (χ1v) is 12.7. The Labute approximate surface area is 194 Å². The first-order chi connectivity index (χ1) is 15.7. The third-order valence-corrected chi connectivity index (χ3v) is 8.25. The number of hydrogen-bond donors (Lipinski definition) is 1. The molecule has 0 saturated carbocycles. The lowest BCUT2D eigenvalue weighted by atomic mass is 9.99. The Morgan fingerprint density at radius 2 is 1.97 bits per heavy atom. The number of nitrogens with zero attached hydrogens (tertiary/aromatic N) is 2. The molecule has 8 heteroatoms. The smallest absolute Gasteiger partial charge is 0.264 e. The maximum Gasteiger partial charge on any atom is 0.264 e. The van der Waals surface area contributed by atoms with Crippen LogP contribution in [0.5, 0.6) is 0 Å². The Morgan fingerprint density at radius 3 is 2.70 bits per heavy atom. The van der Waals surface area contributed by atoms with E-state index < -0.39 is 15.5 Å². The third kappa shape index (κ3) is 4.27. The van der Waals surface area contributed by atoms with Gasteiger partial charge in [0.25, 0.3) is 15.9 Å². The Hall–Kier alpha value is -3.13. The van der Waals surface area contributed by atoms with Crippen molar-refractivity contribution >= 4 is 32.5 Å². The Morgan fingerprint density at radius 1 is 1.18 bits per heavy atom. The van der Waals surface area contributed by atoms with E-state index in [0.717, 1.165) is 31.2 Å². The summed E-state index contributed by atoms with van der Waals surface area (Å²) in [6.45, 7) is 4.57. The average Bonchev–Trinajstić information content (AvgIpc) is 2.83. The molecule has 2 heterocycles. The molecule has 1 amide bonds. The van der Waals surface area contributed by atoms with E-state index in [-0.39, 0.29) is 27.8 Å². The number of aromatic amines is 1. The predicted octanol–water partition coefficient (Wildman–Crippen LogP) is 4.07. The maximum atomic E-state index is 13.3. The molecule has 7 nitrogen and oxygen atoms in total. The van der Waals surface area contributed by atoms with Crippen molar-refractivity contribution in [3.8, 4) is 0 Å². The van der Waals surface area contributed by atoms with Crippen LogP contribution < -0.4 is 9.73 Å². The normalized spacial score (nSPS) is 16.7. The fourth-order valence-electron chi connectivity index (χ4n) is 4.48. The van der Waals surface area contributed by atoms with Crippen molar-refractivity contribution in [2.24, 2.45) is 0 Å². The fourth-order valence-corrected chi connectivity index (χ4v) is 5.70. The minimum atomic E-state index is -3.90. The number of benzene rings is 2. The first-order valence-electron chi connectivity index (χ1n) is 11.3. The summed E-state index contributed by atoms with van der Waals surface area (Å²) >= 11 is 0. The molecule has 0 bridgehead atoms. The number of nitrogens with one attached hydrogen (secondary N) is 1. The molecular weight excluding hydrogens is 438 g/mol. The molecule has 2 aromatic carbocycles. The van der Waals surface area contributed by atoms with Gasteiger partial charge >= 0.3 is 0 Å². The van der Waals surface area contributed by atoms with Crippen LogP contribution in [0.1, 0.15) is 48.5 Å². The van der Waals surface area contributed by atoms with Crippen LogP contribution in [0.25, 0.3) is 10.9 Å². The van der Waals surface area contributed by atoms with E-state index in [1.54, 1.807) is 29.2 Å². The van der Waals surface area contributed by atoms with Gasteiger partial charge in [0.05, 0.1) is 10.6 Å². The summed E-state index contributed by atoms with van der Waals surface area (Å²) < 4.78 is 27.8. The van der Waals surface area contributed by atoms with Gasteiger partial charge in [0, 0.05) is 36.7 Å². The number of carbonyl (C=O) groups excluding carboxylic acids is 1. The number of aromatic nitrogens is 1. The minimum absolute atomic E-state index is 0.00138. The summed E-state index contributed by atoms with van der Waals surface area (Å²) in [5.41, 5.74) is 1.55. The number of fused-ring (bicyclic) bond motifs is 1. The second-order valence-corrected chi connectivity index (χ2v) is 10.6. The number of anilines is 1. The average molecular weight is 468 g/mol. The molecule has 0 radical (unpaired) electrons. The Balaban J connectivity index is 1.75. The number of amides is 1. The summed E-state index contributed by atoms with van der Waals surface area (Å²) in [6, 6.07) is 11.7. The van der Waals surface area contributed by atoms with Crippen LogP contribution in [0.3, 0.4) is 0 Å². The van der Waals surface area contributed by atoms with E-state index in [1.165, 1.54) is 29.7 Å². The van der Waals surface area contributed by atoms with Gasteiger partial charge in [-0.25, -0.2) is 8.42 Å². The van der Waals surface area contributed by atoms with E-state index >= 15 is 0 Å². The van der Waals surface area contributed by atoms with Crippen LogP contribution in [0, 0.1) is 6.92 Å². The number of piperidine rings is 1. The molecule has 33 heavy (non-hydrogen) atoms. The van der Waals surface area contributed by atoms with Gasteiger partial charge in [0.2, 0.25) is 5.43 Å². The molecule has 1 aliphatic rings. The molecule has 3 aromatic rings. The highest BCUT2D eigenvalue weighted by Gasteiger charge is 2.28. The van der Waals surface area contributed by atoms with Gasteiger partial charge in [-0.1, -0.05) is 19.1 Å². The minimum Gasteiger partial charge on any atom is -0.360 e. The maximum absolute atomic E-state index is 13.3. The second kappa shape index (κ2) is 9.02. The molecule has 1 atom stereocenters. The number of carbonyl (C=O) groups is 1. The van der Waals surface area contributed by atoms with Crippen molar-refractivity contribution in [2.75, 3.05) is 17.9 Å². The lowest BCUT2D eigenvalue weighted by Gasteiger charge is -2.35. The summed E-state index contributed by atoms with van der Waals surface area (Å²) in [4.78, 5) is 31.3. The van der Waals surface area contributed by atoms with Gasteiger partial charge in [-0.05, 0) is 68.5 Å². The van der Waals surface area contributed by atoms with Gasteiger partial charge in [0.15, 0.2) is 0 Å². The second-order valence-electron chi connectivity index (χ2n) is 8.61. The van der Waals surface area contributed by atoms with Crippen molar-refractivity contribution in [3.05, 3.63) is 70.0 Å². The topological polar surface area (TPSA) is 90.6 Å². The summed E-state index contributed by atoms with van der Waals surface area (Å²) in [5, 5.41) is 0.185. The molecule has 174 valence electrons. The monoisotopic (exact) mass is 467 g/mol. The lowest BCUT2D eigenvalue weighted by molar-refractivity contribution is 0.0606. The summed E-state index contributed by atoms with van der Waals surface area (Å²) in [6.07, 6.45) is 5.21. The molecule has 1 aliphatic heterocycles. The Bertz CT molecular complexity index is 1360. The van der Waals surface area contributed by atoms with Crippen molar-refractivity contribution < 1.29 is 13.2 Å². The molecule has 1 aromatic heterocycles. The van der Waals surface area contributed by atoms with Crippen molar-refractivity contribution in [1.82, 2.24) is 9.88 Å². The van der Waals surface area contributed by atoms with Gasteiger partial charge < -0.3 is 9.88 Å². The zero-order valence-electron chi connectivity index (χ0n) is 19.2. The van der Waals surface area contributed by atoms with Crippen molar-refractivity contribution in [1.29, 1.82) is 0 Å². The van der Waals surface area contributed by atoms with E-state index in [1.807, 2.05) is 19.9 Å². The highest BCUT2D eigenvalue weighted by atomic mass is 32.2. The SMILES string of the molecule is CCC1CCCCN1C(=O)c1c[nH]c2ccc(S(=O)(=O)N(C)c3cccc(C)c3)cc2c1=O. The molecule has 1 fully saturated rings. The molecule has 0 spiro atoms. The number of likely N-dealkylation sites (tertiary alicyclic amines) is 1. The van der Waals surface area contributed by atoms with Gasteiger partial charge in [-0.3, -0.25) is 13.9 Å². The zero-order valence-corrected chi connectivity index (χ0v) is 20.0. The highest BCUT2D eigenvalue weighted by Crippen LogP contribution is 2.25. The van der Waals surface area contributed by atoms with Crippen LogP contribution in [0.4, 0.5) is 5.69 Å². The number of aryl methyl sites for hydroxylation is 1. The first kappa shape index (κ1) is 23.0. The van der Waals surface area contributed by atoms with Crippen LogP contribution in [-0.2, 0) is 10.0 Å². The van der Waals surface area contributed by atoms with Crippen molar-refractivity contribution in [3.63, 3.8) is 0 Å². The van der Waals surface area contributed by atoms with E-state index in [2.05, 4.69) is 4.98 Å². The Kier molecular flexibility index (Phi) is 6.30. The largest absolute Gasteiger partial charge is 0.360 e. The fraction of sp³-hybridized carbons (Fsp3) is 0.360. The molecular formula is C25H29N3O4S. The van der Waals surface area contributed by atoms with Crippen LogP contribution >= 0.6 is 0 Å². The summed E-state index contributed by atoms with van der Waals surface area (Å²) in [5.74, 6) is -0.296. The molecule has 1 N–H and O–H groups in total. The lowest BCUT2D eigenvalue weighted by Crippen LogP contribution is -2.44. The number of rotatable bonds is 5. The predicted molar refractivity (Wildman–Crippen MR) is 130 cm³/mol. The van der Waals surface area contributed by atoms with Crippen molar-refractivity contribution in [2.45, 2.75) is 50.5 Å². The third-order valence-electron chi connectivity index (χ3n) is 6.47. The highest BCUT2D eigenvalue weighted by molar-refractivity contribution is 7.92. The number of H-pyrrole nitrogens is 1. The van der Waals surface area contributed by atoms with Crippen LogP contribution in [0.15, 0.2) is 58.4 Å². The number of hydrogen-bond acceptors (Lipinski definition) is 4. The molecule has 0 aliphatic carbocycles. The van der Waals surface area contributed by atoms with E-state index in [9.17, 15) is 18.0 Å². The van der Waals surface area contributed by atoms with Gasteiger partial charge in [-0.15, -0.1) is 0 Å². The van der Waals surface area contributed by atoms with Gasteiger partial charge in [-0.2, -0.15) is 0 Å². The van der Waals surface area contributed by atoms with E-state index in [4.69, 9.17) is 0 Å². The summed E-state index contributed by atoms with van der Waals surface area (Å²) in [7, 11) is -2.41. The quantitative estimate of drug-likeness (QED) is 0.613. The number of pyridine rings is 1. The standard InChI is InChI=1S/C25H29N3O4S/c1-4-18-9-5-6-13-28(18)25(30)22-16-26-23-12-11-20(15-21(23)24(22)29)33(31,32)27(3)19-10-7-8-17(2)14-19/h7-8,10-12,14-16,18H,4-6,9,13H2,1-3H3,(H,26,29). The van der Waals surface area contributed by atoms with E-state index in [0.29, 0.717) is 17.7 Å². The molecule has 1 saturated heterocycles. The van der Waals surface area contributed by atoms with Crippen LogP contribution in [-0.4, -0.2) is 43.8 Å².